The predicted molar refractivity (Wildman–Crippen MR) is 46.2 cm³/mol. The number of nitrogens with zero attached hydrogens (tertiary/aromatic N) is 1. The molecule has 0 saturated carbocycles. The summed E-state index contributed by atoms with van der Waals surface area (Å²) in [5, 5.41) is 0. The van der Waals surface area contributed by atoms with Gasteiger partial charge in [0.05, 0.1) is 19.3 Å². The van der Waals surface area contributed by atoms with Crippen LogP contribution in [0.15, 0.2) is 0 Å². The highest BCUT2D eigenvalue weighted by Gasteiger charge is 2.25. The number of piperidine rings is 1. The molecule has 3 nitrogen and oxygen atoms in total. The minimum Gasteiger partial charge on any atom is -0.374 e. The van der Waals surface area contributed by atoms with Crippen molar-refractivity contribution >= 4 is 0 Å². The second-order valence-electron chi connectivity index (χ2n) is 3.82. The summed E-state index contributed by atoms with van der Waals surface area (Å²) < 4.78 is 10.8. The predicted octanol–water partition coefficient (Wildman–Crippen LogP) is 0.496. The van der Waals surface area contributed by atoms with Crippen molar-refractivity contribution in [3.63, 3.8) is 0 Å². The maximum absolute atomic E-state index is 5.71. The maximum atomic E-state index is 5.71. The molecule has 0 aromatic rings. The molecule has 0 aliphatic carbocycles. The average molecular weight is 171 g/mol. The fourth-order valence-corrected chi connectivity index (χ4v) is 1.66. The Bertz CT molecular complexity index is 147. The van der Waals surface area contributed by atoms with E-state index in [4.69, 9.17) is 9.47 Å². The molecular formula is C9H17NO2. The summed E-state index contributed by atoms with van der Waals surface area (Å²) in [4.78, 5) is 2.34. The van der Waals surface area contributed by atoms with Crippen LogP contribution in [-0.4, -0.2) is 50.5 Å². The number of likely N-dealkylation sites (tertiary alicyclic amines) is 1. The second kappa shape index (κ2) is 3.73. The molecule has 2 aliphatic rings. The number of hydrogen-bond acceptors (Lipinski definition) is 3. The van der Waals surface area contributed by atoms with Crippen LogP contribution in [0, 0.1) is 0 Å². The highest BCUT2D eigenvalue weighted by Crippen LogP contribution is 2.15. The third-order valence-corrected chi connectivity index (χ3v) is 2.50. The molecule has 0 N–H and O–H groups in total. The van der Waals surface area contributed by atoms with E-state index in [-0.39, 0.29) is 0 Å². The van der Waals surface area contributed by atoms with Gasteiger partial charge in [-0.3, -0.25) is 0 Å². The van der Waals surface area contributed by atoms with Gasteiger partial charge in [0.2, 0.25) is 0 Å². The summed E-state index contributed by atoms with van der Waals surface area (Å²) in [6.45, 7) is 4.02. The van der Waals surface area contributed by atoms with Gasteiger partial charge in [-0.1, -0.05) is 0 Å². The van der Waals surface area contributed by atoms with Gasteiger partial charge in [-0.15, -0.1) is 0 Å². The summed E-state index contributed by atoms with van der Waals surface area (Å²) in [6, 6.07) is 0. The smallest absolute Gasteiger partial charge is 0.104 e. The normalized spacial score (nSPS) is 36.8. The van der Waals surface area contributed by atoms with Crippen LogP contribution >= 0.6 is 0 Å². The number of likely N-dealkylation sites (N-methyl/N-ethyl adjacent to an activating group) is 1. The molecule has 0 aromatic heterocycles. The lowest BCUT2D eigenvalue weighted by atomic mass is 10.1. The van der Waals surface area contributed by atoms with E-state index in [1.807, 2.05) is 0 Å². The monoisotopic (exact) mass is 171 g/mol. The largest absolute Gasteiger partial charge is 0.374 e. The number of ether oxygens (including phenoxy) is 2. The number of epoxide rings is 1. The van der Waals surface area contributed by atoms with Crippen LogP contribution < -0.4 is 0 Å². The lowest BCUT2D eigenvalue weighted by Crippen LogP contribution is -2.37. The van der Waals surface area contributed by atoms with Gasteiger partial charge in [0.25, 0.3) is 0 Å². The van der Waals surface area contributed by atoms with Gasteiger partial charge in [0.1, 0.15) is 6.10 Å². The first-order valence-corrected chi connectivity index (χ1v) is 4.76. The van der Waals surface area contributed by atoms with Crippen LogP contribution in [0.3, 0.4) is 0 Å². The minimum atomic E-state index is 0.414. The zero-order valence-corrected chi connectivity index (χ0v) is 7.66. The molecule has 0 amide bonds. The SMILES string of the molecule is CN1CCC[C@@H](OC[C@@H]2CO2)C1. The van der Waals surface area contributed by atoms with Gasteiger partial charge in [-0.05, 0) is 26.4 Å². The molecule has 0 radical (unpaired) electrons. The molecule has 70 valence electrons. The quantitative estimate of drug-likeness (QED) is 0.578. The molecule has 2 atom stereocenters. The summed E-state index contributed by atoms with van der Waals surface area (Å²) in [5.74, 6) is 0. The second-order valence-corrected chi connectivity index (χ2v) is 3.82. The van der Waals surface area contributed by atoms with E-state index in [1.165, 1.54) is 19.4 Å². The van der Waals surface area contributed by atoms with Gasteiger partial charge < -0.3 is 14.4 Å². The third-order valence-electron chi connectivity index (χ3n) is 2.50. The lowest BCUT2D eigenvalue weighted by Gasteiger charge is -2.29. The molecule has 2 aliphatic heterocycles. The fourth-order valence-electron chi connectivity index (χ4n) is 1.66. The van der Waals surface area contributed by atoms with E-state index < -0.39 is 0 Å². The van der Waals surface area contributed by atoms with Crippen molar-refractivity contribution in [2.24, 2.45) is 0 Å². The van der Waals surface area contributed by atoms with E-state index in [0.717, 1.165) is 19.8 Å². The van der Waals surface area contributed by atoms with Crippen LogP contribution in [0.5, 0.6) is 0 Å². The molecule has 2 heterocycles. The fraction of sp³-hybridized carbons (Fsp3) is 1.00. The first-order valence-electron chi connectivity index (χ1n) is 4.76. The summed E-state index contributed by atoms with van der Waals surface area (Å²) in [5.41, 5.74) is 0. The summed E-state index contributed by atoms with van der Waals surface area (Å²) in [7, 11) is 2.16. The zero-order valence-electron chi connectivity index (χ0n) is 7.66. The number of hydrogen-bond donors (Lipinski definition) is 0. The molecule has 0 unspecified atom stereocenters. The average Bonchev–Trinajstić information content (AvgIpc) is 2.84. The molecule has 0 bridgehead atoms. The summed E-state index contributed by atoms with van der Waals surface area (Å²) >= 11 is 0. The Labute approximate surface area is 73.6 Å². The van der Waals surface area contributed by atoms with Crippen molar-refractivity contribution in [1.82, 2.24) is 4.90 Å². The van der Waals surface area contributed by atoms with E-state index in [2.05, 4.69) is 11.9 Å². The standard InChI is InChI=1S/C9H17NO2/c1-10-4-2-3-8(5-10)11-6-9-7-12-9/h8-9H,2-7H2,1H3/t8-,9-/m1/s1. The van der Waals surface area contributed by atoms with E-state index in [9.17, 15) is 0 Å². The lowest BCUT2D eigenvalue weighted by molar-refractivity contribution is -0.000116. The first-order chi connectivity index (χ1) is 5.84. The van der Waals surface area contributed by atoms with Crippen LogP contribution in [0.4, 0.5) is 0 Å². The molecule has 12 heavy (non-hydrogen) atoms. The highest BCUT2D eigenvalue weighted by atomic mass is 16.6. The van der Waals surface area contributed by atoms with Crippen LogP contribution in [0.1, 0.15) is 12.8 Å². The summed E-state index contributed by atoms with van der Waals surface area (Å²) in [6.07, 6.45) is 3.36. The molecule has 2 saturated heterocycles. The Morgan fingerprint density at radius 1 is 1.58 bits per heavy atom. The van der Waals surface area contributed by atoms with E-state index in [0.29, 0.717) is 12.2 Å². The van der Waals surface area contributed by atoms with Crippen molar-refractivity contribution in [2.75, 3.05) is 33.4 Å². The maximum Gasteiger partial charge on any atom is 0.104 e. The van der Waals surface area contributed by atoms with Crippen LogP contribution in [0.2, 0.25) is 0 Å². The van der Waals surface area contributed by atoms with Gasteiger partial charge in [0, 0.05) is 6.54 Å². The molecule has 2 rings (SSSR count). The van der Waals surface area contributed by atoms with Gasteiger partial charge in [-0.25, -0.2) is 0 Å². The van der Waals surface area contributed by atoms with Gasteiger partial charge in [-0.2, -0.15) is 0 Å². The molecule has 2 fully saturated rings. The molecule has 0 spiro atoms. The zero-order chi connectivity index (χ0) is 8.39. The Balaban J connectivity index is 1.64. The third kappa shape index (κ3) is 2.44. The van der Waals surface area contributed by atoms with Crippen molar-refractivity contribution < 1.29 is 9.47 Å². The van der Waals surface area contributed by atoms with Crippen molar-refractivity contribution in [1.29, 1.82) is 0 Å². The van der Waals surface area contributed by atoms with Crippen LogP contribution in [-0.2, 0) is 9.47 Å². The van der Waals surface area contributed by atoms with Crippen LogP contribution in [0.25, 0.3) is 0 Å². The van der Waals surface area contributed by atoms with Crippen molar-refractivity contribution in [2.45, 2.75) is 25.0 Å². The minimum absolute atomic E-state index is 0.414. The van der Waals surface area contributed by atoms with Gasteiger partial charge >= 0.3 is 0 Å². The molecule has 3 heteroatoms. The molecule has 0 aromatic carbocycles. The van der Waals surface area contributed by atoms with Crippen molar-refractivity contribution in [3.8, 4) is 0 Å². The van der Waals surface area contributed by atoms with Gasteiger partial charge in [0.15, 0.2) is 0 Å². The Hall–Kier alpha value is -0.120. The Morgan fingerprint density at radius 3 is 3.08 bits per heavy atom. The van der Waals surface area contributed by atoms with Crippen molar-refractivity contribution in [3.05, 3.63) is 0 Å². The van der Waals surface area contributed by atoms with E-state index in [1.54, 1.807) is 0 Å². The number of rotatable bonds is 3. The Morgan fingerprint density at radius 2 is 2.42 bits per heavy atom. The van der Waals surface area contributed by atoms with E-state index >= 15 is 0 Å². The Kier molecular flexibility index (Phi) is 2.63. The molecular weight excluding hydrogens is 154 g/mol. The highest BCUT2D eigenvalue weighted by molar-refractivity contribution is 4.73. The topological polar surface area (TPSA) is 25.0 Å². The first kappa shape index (κ1) is 8.48.